The lowest BCUT2D eigenvalue weighted by Crippen LogP contribution is -2.11. The molecule has 3 aromatic carbocycles. The first kappa shape index (κ1) is 23.1. The molecule has 0 aliphatic heterocycles. The first-order valence-corrected chi connectivity index (χ1v) is 13.7. The lowest BCUT2D eigenvalue weighted by Gasteiger charge is -2.07. The SMILES string of the molecule is CCn1c(SCC=Cc2ccccc2)nnc1-c1cn(S(=O)(=O)c2ccccc2)c2ccccc12. The Morgan fingerprint density at radius 3 is 2.31 bits per heavy atom. The number of benzene rings is 3. The van der Waals surface area contributed by atoms with Gasteiger partial charge in [-0.25, -0.2) is 12.4 Å². The number of nitrogens with zero attached hydrogens (tertiary/aromatic N) is 4. The van der Waals surface area contributed by atoms with E-state index in [1.165, 1.54) is 3.97 Å². The molecule has 0 amide bonds. The normalized spacial score (nSPS) is 12.0. The number of hydrogen-bond donors (Lipinski definition) is 0. The van der Waals surface area contributed by atoms with Crippen LogP contribution in [0.1, 0.15) is 12.5 Å². The van der Waals surface area contributed by atoms with Gasteiger partial charge in [-0.15, -0.1) is 10.2 Å². The number of para-hydroxylation sites is 1. The molecule has 2 aromatic heterocycles. The van der Waals surface area contributed by atoms with Gasteiger partial charge in [-0.05, 0) is 30.7 Å². The van der Waals surface area contributed by atoms with Crippen molar-refractivity contribution in [2.75, 3.05) is 5.75 Å². The minimum atomic E-state index is -3.76. The summed E-state index contributed by atoms with van der Waals surface area (Å²) >= 11 is 1.60. The first-order chi connectivity index (χ1) is 17.1. The lowest BCUT2D eigenvalue weighted by atomic mass is 10.1. The quantitative estimate of drug-likeness (QED) is 0.246. The fraction of sp³-hybridized carbons (Fsp3) is 0.111. The Balaban J connectivity index is 1.50. The summed E-state index contributed by atoms with van der Waals surface area (Å²) in [6.45, 7) is 2.70. The van der Waals surface area contributed by atoms with Crippen LogP contribution in [0.3, 0.4) is 0 Å². The van der Waals surface area contributed by atoms with Crippen molar-refractivity contribution in [1.82, 2.24) is 18.7 Å². The predicted molar refractivity (Wildman–Crippen MR) is 142 cm³/mol. The second-order valence-electron chi connectivity index (χ2n) is 7.85. The second kappa shape index (κ2) is 9.93. The van der Waals surface area contributed by atoms with Gasteiger partial charge in [0.1, 0.15) is 0 Å². The minimum Gasteiger partial charge on any atom is -0.302 e. The number of aromatic nitrogens is 4. The van der Waals surface area contributed by atoms with Gasteiger partial charge in [0.2, 0.25) is 0 Å². The minimum absolute atomic E-state index is 0.241. The van der Waals surface area contributed by atoms with Gasteiger partial charge in [0.15, 0.2) is 11.0 Å². The molecular weight excluding hydrogens is 476 g/mol. The van der Waals surface area contributed by atoms with Crippen molar-refractivity contribution in [3.8, 4) is 11.4 Å². The molecule has 0 fully saturated rings. The van der Waals surface area contributed by atoms with Crippen LogP contribution in [-0.2, 0) is 16.6 Å². The summed E-state index contributed by atoms with van der Waals surface area (Å²) in [5, 5.41) is 10.5. The summed E-state index contributed by atoms with van der Waals surface area (Å²) in [7, 11) is -3.76. The Hall–Kier alpha value is -3.62. The van der Waals surface area contributed by atoms with Gasteiger partial charge < -0.3 is 4.57 Å². The van der Waals surface area contributed by atoms with Crippen molar-refractivity contribution < 1.29 is 8.42 Å². The first-order valence-electron chi connectivity index (χ1n) is 11.3. The third-order valence-corrected chi connectivity index (χ3v) is 8.28. The van der Waals surface area contributed by atoms with Crippen LogP contribution in [0.5, 0.6) is 0 Å². The number of thioether (sulfide) groups is 1. The van der Waals surface area contributed by atoms with Gasteiger partial charge in [0.05, 0.1) is 10.4 Å². The smallest absolute Gasteiger partial charge is 0.268 e. The molecule has 176 valence electrons. The zero-order valence-corrected chi connectivity index (χ0v) is 20.8. The van der Waals surface area contributed by atoms with E-state index in [-0.39, 0.29) is 4.90 Å². The largest absolute Gasteiger partial charge is 0.302 e. The molecule has 0 radical (unpaired) electrons. The molecule has 0 aliphatic rings. The molecule has 0 N–H and O–H groups in total. The van der Waals surface area contributed by atoms with Gasteiger partial charge >= 0.3 is 0 Å². The lowest BCUT2D eigenvalue weighted by molar-refractivity contribution is 0.589. The molecule has 2 heterocycles. The van der Waals surface area contributed by atoms with Crippen molar-refractivity contribution in [3.63, 3.8) is 0 Å². The Labute approximate surface area is 209 Å². The van der Waals surface area contributed by atoms with E-state index in [4.69, 9.17) is 0 Å². The fourth-order valence-electron chi connectivity index (χ4n) is 3.98. The Bertz CT molecular complexity index is 1590. The van der Waals surface area contributed by atoms with Crippen LogP contribution >= 0.6 is 11.8 Å². The molecule has 5 aromatic rings. The average molecular weight is 501 g/mol. The molecule has 0 bridgehead atoms. The molecule has 0 unspecified atom stereocenters. The zero-order valence-electron chi connectivity index (χ0n) is 19.2. The molecule has 5 rings (SSSR count). The summed E-state index contributed by atoms with van der Waals surface area (Å²) in [6.07, 6.45) is 5.85. The van der Waals surface area contributed by atoms with E-state index in [1.807, 2.05) is 54.0 Å². The maximum absolute atomic E-state index is 13.5. The number of hydrogen-bond acceptors (Lipinski definition) is 5. The molecule has 35 heavy (non-hydrogen) atoms. The fourth-order valence-corrected chi connectivity index (χ4v) is 6.19. The van der Waals surface area contributed by atoms with Crippen molar-refractivity contribution in [2.45, 2.75) is 23.5 Å². The van der Waals surface area contributed by atoms with Crippen LogP contribution < -0.4 is 0 Å². The summed E-state index contributed by atoms with van der Waals surface area (Å²) in [5.74, 6) is 1.40. The number of rotatable bonds is 8. The highest BCUT2D eigenvalue weighted by molar-refractivity contribution is 7.99. The third kappa shape index (κ3) is 4.54. The molecule has 6 nitrogen and oxygen atoms in total. The maximum atomic E-state index is 13.5. The molecule has 0 spiro atoms. The van der Waals surface area contributed by atoms with E-state index in [0.717, 1.165) is 27.4 Å². The van der Waals surface area contributed by atoms with Crippen LogP contribution in [0.15, 0.2) is 107 Å². The van der Waals surface area contributed by atoms with Crippen molar-refractivity contribution >= 4 is 38.8 Å². The molecule has 0 saturated carbocycles. The Morgan fingerprint density at radius 2 is 1.57 bits per heavy atom. The molecule has 0 saturated heterocycles. The van der Waals surface area contributed by atoms with E-state index in [2.05, 4.69) is 34.5 Å². The van der Waals surface area contributed by atoms with Crippen molar-refractivity contribution in [2.24, 2.45) is 0 Å². The Morgan fingerprint density at radius 1 is 0.886 bits per heavy atom. The predicted octanol–water partition coefficient (Wildman–Crippen LogP) is 5.96. The monoisotopic (exact) mass is 500 g/mol. The van der Waals surface area contributed by atoms with Crippen molar-refractivity contribution in [3.05, 3.63) is 103 Å². The standard InChI is InChI=1S/C27H24N4O2S2/c1-2-30-26(28-29-27(30)34-19-11-14-21-12-5-3-6-13-21)24-20-31(25-18-10-9-17-23(24)25)35(32,33)22-15-7-4-8-16-22/h3-18,20H,2,19H2,1H3. The highest BCUT2D eigenvalue weighted by Gasteiger charge is 2.24. The second-order valence-corrected chi connectivity index (χ2v) is 10.7. The molecule has 8 heteroatoms. The number of fused-ring (bicyclic) bond motifs is 1. The third-order valence-electron chi connectivity index (χ3n) is 5.67. The van der Waals surface area contributed by atoms with Crippen LogP contribution in [-0.4, -0.2) is 32.9 Å². The maximum Gasteiger partial charge on any atom is 0.268 e. The van der Waals surface area contributed by atoms with Crippen molar-refractivity contribution in [1.29, 1.82) is 0 Å². The van der Waals surface area contributed by atoms with E-state index in [0.29, 0.717) is 17.9 Å². The van der Waals surface area contributed by atoms with Gasteiger partial charge in [0, 0.05) is 29.4 Å². The van der Waals surface area contributed by atoms with Crippen LogP contribution in [0.2, 0.25) is 0 Å². The zero-order chi connectivity index (χ0) is 24.3. The van der Waals surface area contributed by atoms with Gasteiger partial charge in [-0.1, -0.05) is 90.6 Å². The van der Waals surface area contributed by atoms with Crippen LogP contribution in [0, 0.1) is 0 Å². The topological polar surface area (TPSA) is 69.8 Å². The van der Waals surface area contributed by atoms with Gasteiger partial charge in [-0.2, -0.15) is 0 Å². The average Bonchev–Trinajstić information content (AvgIpc) is 3.49. The van der Waals surface area contributed by atoms with Gasteiger partial charge in [-0.3, -0.25) is 0 Å². The summed E-state index contributed by atoms with van der Waals surface area (Å²) in [6, 6.07) is 26.1. The van der Waals surface area contributed by atoms with E-state index in [9.17, 15) is 8.42 Å². The van der Waals surface area contributed by atoms with E-state index in [1.54, 1.807) is 48.3 Å². The molecule has 0 atom stereocenters. The van der Waals surface area contributed by atoms with Gasteiger partial charge in [0.25, 0.3) is 10.0 Å². The summed E-state index contributed by atoms with van der Waals surface area (Å²) < 4.78 is 30.3. The van der Waals surface area contributed by atoms with Crippen LogP contribution in [0.4, 0.5) is 0 Å². The van der Waals surface area contributed by atoms with E-state index >= 15 is 0 Å². The molecular formula is C27H24N4O2S2. The van der Waals surface area contributed by atoms with E-state index < -0.39 is 10.0 Å². The molecule has 0 aliphatic carbocycles. The highest BCUT2D eigenvalue weighted by atomic mass is 32.2. The Kier molecular flexibility index (Phi) is 6.57. The highest BCUT2D eigenvalue weighted by Crippen LogP contribution is 2.33. The summed E-state index contributed by atoms with van der Waals surface area (Å²) in [5.41, 5.74) is 2.50. The summed E-state index contributed by atoms with van der Waals surface area (Å²) in [4.78, 5) is 0.241. The van der Waals surface area contributed by atoms with Crippen LogP contribution in [0.25, 0.3) is 28.4 Å².